The molecule has 1 nitrogen and oxygen atoms in total. The van der Waals surface area contributed by atoms with Crippen molar-refractivity contribution in [1.82, 2.24) is 0 Å². The lowest BCUT2D eigenvalue weighted by Gasteiger charge is -2.23. The van der Waals surface area contributed by atoms with Crippen LogP contribution in [0.25, 0.3) is 21.5 Å². The van der Waals surface area contributed by atoms with Gasteiger partial charge >= 0.3 is 0 Å². The number of ether oxygens (including phenoxy) is 1. The number of fused-ring (bicyclic) bond motifs is 5. The summed E-state index contributed by atoms with van der Waals surface area (Å²) in [4.78, 5) is 1.79. The predicted octanol–water partition coefficient (Wildman–Crippen LogP) is 10.9. The van der Waals surface area contributed by atoms with E-state index in [-0.39, 0.29) is 0 Å². The number of alkyl halides is 1. The summed E-state index contributed by atoms with van der Waals surface area (Å²) < 4.78 is 5.57. The summed E-state index contributed by atoms with van der Waals surface area (Å²) in [7, 11) is 0. The van der Waals surface area contributed by atoms with Crippen LogP contribution >= 0.6 is 27.3 Å². The average molecular weight is 594 g/mol. The van der Waals surface area contributed by atoms with Crippen molar-refractivity contribution in [3.05, 3.63) is 154 Å². The van der Waals surface area contributed by atoms with E-state index in [2.05, 4.69) is 88.0 Å². The highest BCUT2D eigenvalue weighted by Gasteiger charge is 2.20. The minimum absolute atomic E-state index is 0.515. The van der Waals surface area contributed by atoms with Crippen molar-refractivity contribution in [3.63, 3.8) is 0 Å². The number of aryl methyl sites for hydroxylation is 1. The van der Waals surface area contributed by atoms with Gasteiger partial charge in [0.25, 0.3) is 0 Å². The van der Waals surface area contributed by atoms with Crippen LogP contribution in [0.5, 0.6) is 0 Å². The zero-order valence-electron chi connectivity index (χ0n) is 22.0. The molecule has 1 aromatic heterocycles. The second kappa shape index (κ2) is 14.2. The molecule has 0 N–H and O–H groups in total. The van der Waals surface area contributed by atoms with Crippen molar-refractivity contribution in [2.75, 3.05) is 0 Å². The maximum atomic E-state index is 5.57. The molecule has 0 radical (unpaired) electrons. The van der Waals surface area contributed by atoms with Gasteiger partial charge < -0.3 is 4.74 Å². The minimum atomic E-state index is 0.515. The SMILES string of the molecule is BrC1CCCc2ccc3c(ccc4ccccc43)c21.c1ccc(COCc2cccs2)cc1.c1ccccc1. The summed E-state index contributed by atoms with van der Waals surface area (Å²) in [6.07, 6.45) is 3.77. The van der Waals surface area contributed by atoms with E-state index in [1.807, 2.05) is 60.7 Å². The predicted molar refractivity (Wildman–Crippen MR) is 172 cm³/mol. The molecule has 0 saturated heterocycles. The van der Waals surface area contributed by atoms with Gasteiger partial charge in [0, 0.05) is 9.70 Å². The molecule has 0 aliphatic heterocycles. The summed E-state index contributed by atoms with van der Waals surface area (Å²) in [6.45, 7) is 1.41. The molecule has 1 aliphatic carbocycles. The van der Waals surface area contributed by atoms with Crippen molar-refractivity contribution in [1.29, 1.82) is 0 Å². The Kier molecular flexibility index (Phi) is 9.97. The largest absolute Gasteiger partial charge is 0.371 e. The monoisotopic (exact) mass is 592 g/mol. The summed E-state index contributed by atoms with van der Waals surface area (Å²) >= 11 is 5.61. The third kappa shape index (κ3) is 7.45. The topological polar surface area (TPSA) is 9.23 Å². The smallest absolute Gasteiger partial charge is 0.0813 e. The third-order valence-electron chi connectivity index (χ3n) is 6.88. The molecule has 0 saturated carbocycles. The molecule has 196 valence electrons. The molecule has 0 fully saturated rings. The van der Waals surface area contributed by atoms with Gasteiger partial charge in [0.1, 0.15) is 0 Å². The molecule has 3 heteroatoms. The third-order valence-corrected chi connectivity index (χ3v) is 8.64. The van der Waals surface area contributed by atoms with Crippen molar-refractivity contribution in [3.8, 4) is 0 Å². The molecular weight excluding hydrogens is 560 g/mol. The molecule has 0 amide bonds. The molecule has 0 spiro atoms. The number of halogens is 1. The van der Waals surface area contributed by atoms with Gasteiger partial charge in [0.05, 0.1) is 13.2 Å². The van der Waals surface area contributed by atoms with Crippen LogP contribution in [0.3, 0.4) is 0 Å². The standard InChI is InChI=1S/C18H15Br.C12H12OS.C6H6/c19-17-7-3-5-13-9-10-15-14-6-2-1-4-12(14)8-11-16(15)18(13)17;1-2-5-11(6-3-1)9-13-10-12-7-4-8-14-12;1-2-4-6-5-3-1/h1-2,4,6,8-11,17H,3,5,7H2;1-8H,9-10H2;1-6H. The number of thiophene rings is 1. The first-order valence-electron chi connectivity index (χ1n) is 13.5. The quantitative estimate of drug-likeness (QED) is 0.146. The van der Waals surface area contributed by atoms with E-state index in [0.29, 0.717) is 18.0 Å². The van der Waals surface area contributed by atoms with Gasteiger partial charge in [0.2, 0.25) is 0 Å². The first-order valence-corrected chi connectivity index (χ1v) is 15.3. The number of rotatable bonds is 4. The molecule has 1 heterocycles. The molecule has 39 heavy (non-hydrogen) atoms. The van der Waals surface area contributed by atoms with Crippen LogP contribution in [0.15, 0.2) is 133 Å². The summed E-state index contributed by atoms with van der Waals surface area (Å²) in [5, 5.41) is 7.59. The van der Waals surface area contributed by atoms with Crippen molar-refractivity contribution in [2.45, 2.75) is 37.3 Å². The summed E-state index contributed by atoms with van der Waals surface area (Å²) in [5.41, 5.74) is 4.27. The van der Waals surface area contributed by atoms with Crippen LogP contribution in [0.4, 0.5) is 0 Å². The van der Waals surface area contributed by atoms with Crippen molar-refractivity contribution >= 4 is 48.8 Å². The van der Waals surface area contributed by atoms with Gasteiger partial charge in [-0.15, -0.1) is 11.3 Å². The van der Waals surface area contributed by atoms with E-state index in [9.17, 15) is 0 Å². The summed E-state index contributed by atoms with van der Waals surface area (Å²) in [5.74, 6) is 0. The molecule has 1 unspecified atom stereocenters. The number of hydrogen-bond donors (Lipinski definition) is 0. The fraction of sp³-hybridized carbons (Fsp3) is 0.167. The van der Waals surface area contributed by atoms with E-state index in [1.54, 1.807) is 11.3 Å². The molecule has 1 atom stereocenters. The van der Waals surface area contributed by atoms with Crippen LogP contribution in [0.1, 0.15) is 39.2 Å². The fourth-order valence-electron chi connectivity index (χ4n) is 4.98. The molecule has 6 aromatic rings. The number of hydrogen-bond acceptors (Lipinski definition) is 2. The maximum absolute atomic E-state index is 5.57. The number of benzene rings is 5. The van der Waals surface area contributed by atoms with Crippen LogP contribution in [0, 0.1) is 0 Å². The molecule has 1 aliphatic rings. The highest BCUT2D eigenvalue weighted by Crippen LogP contribution is 2.41. The Labute approximate surface area is 244 Å². The van der Waals surface area contributed by atoms with Gasteiger partial charge in [-0.2, -0.15) is 0 Å². The van der Waals surface area contributed by atoms with Gasteiger partial charge in [-0.25, -0.2) is 0 Å². The van der Waals surface area contributed by atoms with Gasteiger partial charge in [-0.05, 0) is 68.9 Å². The zero-order valence-corrected chi connectivity index (χ0v) is 24.4. The van der Waals surface area contributed by atoms with Crippen LogP contribution in [0.2, 0.25) is 0 Å². The van der Waals surface area contributed by atoms with Gasteiger partial charge in [-0.3, -0.25) is 0 Å². The molecule has 7 rings (SSSR count). The molecular formula is C36H33BrOS. The lowest BCUT2D eigenvalue weighted by atomic mass is 9.86. The highest BCUT2D eigenvalue weighted by atomic mass is 79.9. The Morgan fingerprint density at radius 1 is 0.641 bits per heavy atom. The van der Waals surface area contributed by atoms with Crippen molar-refractivity contribution < 1.29 is 4.74 Å². The van der Waals surface area contributed by atoms with Crippen LogP contribution < -0.4 is 0 Å². The van der Waals surface area contributed by atoms with Crippen LogP contribution in [-0.4, -0.2) is 0 Å². The molecule has 0 bridgehead atoms. The Morgan fingerprint density at radius 2 is 1.33 bits per heavy atom. The van der Waals surface area contributed by atoms with E-state index in [4.69, 9.17) is 4.74 Å². The Hall–Kier alpha value is -3.24. The second-order valence-corrected chi connectivity index (χ2v) is 11.7. The minimum Gasteiger partial charge on any atom is -0.371 e. The maximum Gasteiger partial charge on any atom is 0.0813 e. The first kappa shape index (κ1) is 27.3. The first-order chi connectivity index (χ1) is 19.3. The van der Waals surface area contributed by atoms with E-state index in [0.717, 1.165) is 0 Å². The summed E-state index contributed by atoms with van der Waals surface area (Å²) in [6, 6.07) is 44.2. The Morgan fingerprint density at radius 3 is 2.08 bits per heavy atom. The average Bonchev–Trinajstić information content (AvgIpc) is 3.53. The lowest BCUT2D eigenvalue weighted by Crippen LogP contribution is -2.05. The zero-order chi connectivity index (χ0) is 26.7. The van der Waals surface area contributed by atoms with E-state index >= 15 is 0 Å². The van der Waals surface area contributed by atoms with Crippen molar-refractivity contribution in [2.24, 2.45) is 0 Å². The van der Waals surface area contributed by atoms with Gasteiger partial charge in [-0.1, -0.05) is 137 Å². The fourth-order valence-corrected chi connectivity index (χ4v) is 6.49. The second-order valence-electron chi connectivity index (χ2n) is 9.59. The van der Waals surface area contributed by atoms with Gasteiger partial charge in [0.15, 0.2) is 0 Å². The Balaban J connectivity index is 0.000000135. The molecule has 5 aromatic carbocycles. The highest BCUT2D eigenvalue weighted by molar-refractivity contribution is 9.09. The Bertz CT molecular complexity index is 1540. The van der Waals surface area contributed by atoms with E-state index in [1.165, 1.54) is 62.4 Å². The van der Waals surface area contributed by atoms with E-state index < -0.39 is 0 Å². The normalized spacial score (nSPS) is 14.0. The lowest BCUT2D eigenvalue weighted by molar-refractivity contribution is 0.109. The van der Waals surface area contributed by atoms with Crippen LogP contribution in [-0.2, 0) is 24.4 Å².